The molecule has 4 N–H and O–H groups in total. The predicted octanol–water partition coefficient (Wildman–Crippen LogP) is 1.49. The molecule has 0 saturated heterocycles. The summed E-state index contributed by atoms with van der Waals surface area (Å²) >= 11 is 0. The Morgan fingerprint density at radius 3 is 2.70 bits per heavy atom. The second kappa shape index (κ2) is 8.26. The second-order valence-electron chi connectivity index (χ2n) is 5.41. The molecule has 23 heavy (non-hydrogen) atoms. The molecular weight excluding hydrogens is 296 g/mol. The number of aliphatic imine (C=N–C) groups is 1. The molecule has 1 aromatic rings. The summed E-state index contributed by atoms with van der Waals surface area (Å²) in [6, 6.07) is 5.80. The van der Waals surface area contributed by atoms with Gasteiger partial charge in [0.25, 0.3) is 0 Å². The van der Waals surface area contributed by atoms with Crippen LogP contribution in [0.2, 0.25) is 0 Å². The zero-order chi connectivity index (χ0) is 16.7. The van der Waals surface area contributed by atoms with E-state index in [1.54, 1.807) is 26.4 Å². The van der Waals surface area contributed by atoms with Crippen molar-refractivity contribution in [2.45, 2.75) is 31.7 Å². The Morgan fingerprint density at radius 1 is 1.30 bits per heavy atom. The third-order valence-electron chi connectivity index (χ3n) is 3.44. The number of nitrogens with one attached hydrogen (secondary N) is 2. The van der Waals surface area contributed by atoms with E-state index in [1.807, 2.05) is 6.07 Å². The number of amides is 1. The molecule has 126 valence electrons. The van der Waals surface area contributed by atoms with Gasteiger partial charge in [0.1, 0.15) is 0 Å². The van der Waals surface area contributed by atoms with E-state index in [9.17, 15) is 4.79 Å². The molecule has 1 saturated carbocycles. The summed E-state index contributed by atoms with van der Waals surface area (Å²) < 4.78 is 10.4. The SMILES string of the molecule is COc1ccc(NC(N)=NCCCC(=O)NC2CC2)cc1OC. The smallest absolute Gasteiger partial charge is 0.220 e. The highest BCUT2D eigenvalue weighted by molar-refractivity contribution is 5.92. The molecule has 0 unspecified atom stereocenters. The number of anilines is 1. The maximum absolute atomic E-state index is 11.5. The van der Waals surface area contributed by atoms with Crippen molar-refractivity contribution in [1.82, 2.24) is 5.32 Å². The Balaban J connectivity index is 1.76. The van der Waals surface area contributed by atoms with Crippen LogP contribution in [0, 0.1) is 0 Å². The summed E-state index contributed by atoms with van der Waals surface area (Å²) in [4.78, 5) is 15.7. The molecule has 1 fully saturated rings. The van der Waals surface area contributed by atoms with Crippen LogP contribution in [0.3, 0.4) is 0 Å². The normalized spacial score (nSPS) is 14.3. The molecular formula is C16H24N4O3. The highest BCUT2D eigenvalue weighted by Crippen LogP contribution is 2.29. The van der Waals surface area contributed by atoms with Crippen molar-refractivity contribution in [3.05, 3.63) is 18.2 Å². The lowest BCUT2D eigenvalue weighted by Crippen LogP contribution is -2.25. The topological polar surface area (TPSA) is 98.0 Å². The van der Waals surface area contributed by atoms with E-state index in [1.165, 1.54) is 0 Å². The third kappa shape index (κ3) is 5.69. The van der Waals surface area contributed by atoms with Gasteiger partial charge in [-0.05, 0) is 31.4 Å². The second-order valence-corrected chi connectivity index (χ2v) is 5.41. The van der Waals surface area contributed by atoms with Crippen molar-refractivity contribution in [1.29, 1.82) is 0 Å². The number of rotatable bonds is 8. The molecule has 1 aromatic carbocycles. The van der Waals surface area contributed by atoms with Crippen molar-refractivity contribution in [3.63, 3.8) is 0 Å². The van der Waals surface area contributed by atoms with Gasteiger partial charge in [-0.3, -0.25) is 9.79 Å². The van der Waals surface area contributed by atoms with Gasteiger partial charge in [-0.25, -0.2) is 0 Å². The standard InChI is InChI=1S/C16H24N4O3/c1-22-13-8-7-12(10-14(13)23-2)20-16(17)18-9-3-4-15(21)19-11-5-6-11/h7-8,10-11H,3-6,9H2,1-2H3,(H,19,21)(H3,17,18,20). The first-order chi connectivity index (χ1) is 11.1. The van der Waals surface area contributed by atoms with Crippen LogP contribution in [0.4, 0.5) is 5.69 Å². The van der Waals surface area contributed by atoms with Crippen molar-refractivity contribution in [2.75, 3.05) is 26.1 Å². The van der Waals surface area contributed by atoms with Gasteiger partial charge >= 0.3 is 0 Å². The number of ether oxygens (including phenoxy) is 2. The Kier molecular flexibility index (Phi) is 6.08. The van der Waals surface area contributed by atoms with Gasteiger partial charge in [0.15, 0.2) is 17.5 Å². The summed E-state index contributed by atoms with van der Waals surface area (Å²) in [6.07, 6.45) is 3.36. The average Bonchev–Trinajstić information content (AvgIpc) is 3.35. The monoisotopic (exact) mass is 320 g/mol. The van der Waals surface area contributed by atoms with Gasteiger partial charge in [0.05, 0.1) is 14.2 Å². The van der Waals surface area contributed by atoms with Crippen molar-refractivity contribution < 1.29 is 14.3 Å². The van der Waals surface area contributed by atoms with E-state index in [0.717, 1.165) is 18.5 Å². The average molecular weight is 320 g/mol. The molecule has 7 heteroatoms. The number of guanidine groups is 1. The lowest BCUT2D eigenvalue weighted by Gasteiger charge is -2.10. The molecule has 0 aromatic heterocycles. The number of nitrogens with two attached hydrogens (primary N) is 1. The van der Waals surface area contributed by atoms with Gasteiger partial charge in [-0.1, -0.05) is 0 Å². The molecule has 0 heterocycles. The van der Waals surface area contributed by atoms with Crippen LogP contribution in [-0.2, 0) is 4.79 Å². The Bertz CT molecular complexity index is 570. The first-order valence-electron chi connectivity index (χ1n) is 7.70. The number of benzene rings is 1. The van der Waals surface area contributed by atoms with E-state index in [2.05, 4.69) is 15.6 Å². The molecule has 2 rings (SSSR count). The largest absolute Gasteiger partial charge is 0.493 e. The number of methoxy groups -OCH3 is 2. The van der Waals surface area contributed by atoms with Crippen LogP contribution < -0.4 is 25.8 Å². The molecule has 1 aliphatic rings. The Hall–Kier alpha value is -2.44. The maximum Gasteiger partial charge on any atom is 0.220 e. The molecule has 7 nitrogen and oxygen atoms in total. The van der Waals surface area contributed by atoms with Crippen molar-refractivity contribution in [3.8, 4) is 11.5 Å². The Labute approximate surface area is 136 Å². The predicted molar refractivity (Wildman–Crippen MR) is 90.1 cm³/mol. The minimum absolute atomic E-state index is 0.0918. The molecule has 0 bridgehead atoms. The van der Waals surface area contributed by atoms with Crippen LogP contribution >= 0.6 is 0 Å². The summed E-state index contributed by atoms with van der Waals surface area (Å²) in [5, 5.41) is 5.94. The van der Waals surface area contributed by atoms with E-state index >= 15 is 0 Å². The number of hydrogen-bond donors (Lipinski definition) is 3. The quantitative estimate of drug-likeness (QED) is 0.383. The van der Waals surface area contributed by atoms with Crippen molar-refractivity contribution in [2.24, 2.45) is 10.7 Å². The highest BCUT2D eigenvalue weighted by Gasteiger charge is 2.22. The molecule has 1 amide bonds. The van der Waals surface area contributed by atoms with Crippen LogP contribution in [0.25, 0.3) is 0 Å². The molecule has 1 aliphatic carbocycles. The zero-order valence-corrected chi connectivity index (χ0v) is 13.6. The fourth-order valence-corrected chi connectivity index (χ4v) is 2.07. The fourth-order valence-electron chi connectivity index (χ4n) is 2.07. The maximum atomic E-state index is 11.5. The fraction of sp³-hybridized carbons (Fsp3) is 0.500. The highest BCUT2D eigenvalue weighted by atomic mass is 16.5. The first-order valence-corrected chi connectivity index (χ1v) is 7.70. The van der Waals surface area contributed by atoms with E-state index in [4.69, 9.17) is 15.2 Å². The number of hydrogen-bond acceptors (Lipinski definition) is 4. The van der Waals surface area contributed by atoms with Gasteiger partial charge in [-0.15, -0.1) is 0 Å². The summed E-state index contributed by atoms with van der Waals surface area (Å²) in [5.41, 5.74) is 6.60. The van der Waals surface area contributed by atoms with Gasteiger partial charge < -0.3 is 25.8 Å². The van der Waals surface area contributed by atoms with E-state index in [-0.39, 0.29) is 5.91 Å². The van der Waals surface area contributed by atoms with Crippen LogP contribution in [0.1, 0.15) is 25.7 Å². The first kappa shape index (κ1) is 16.9. The number of carbonyl (C=O) groups excluding carboxylic acids is 1. The van der Waals surface area contributed by atoms with Crippen LogP contribution in [0.5, 0.6) is 11.5 Å². The number of nitrogens with zero attached hydrogens (tertiary/aromatic N) is 1. The van der Waals surface area contributed by atoms with Crippen molar-refractivity contribution >= 4 is 17.6 Å². The van der Waals surface area contributed by atoms with E-state index in [0.29, 0.717) is 42.9 Å². The molecule has 0 atom stereocenters. The number of carbonyl (C=O) groups is 1. The lowest BCUT2D eigenvalue weighted by molar-refractivity contribution is -0.121. The van der Waals surface area contributed by atoms with Gasteiger partial charge in [0.2, 0.25) is 5.91 Å². The van der Waals surface area contributed by atoms with Gasteiger partial charge in [0, 0.05) is 30.8 Å². The lowest BCUT2D eigenvalue weighted by atomic mass is 10.2. The minimum Gasteiger partial charge on any atom is -0.493 e. The van der Waals surface area contributed by atoms with Gasteiger partial charge in [-0.2, -0.15) is 0 Å². The zero-order valence-electron chi connectivity index (χ0n) is 13.6. The molecule has 0 spiro atoms. The van der Waals surface area contributed by atoms with Crippen LogP contribution in [0.15, 0.2) is 23.2 Å². The summed E-state index contributed by atoms with van der Waals surface area (Å²) in [6.45, 7) is 0.504. The molecule has 0 radical (unpaired) electrons. The summed E-state index contributed by atoms with van der Waals surface area (Å²) in [7, 11) is 3.16. The summed E-state index contributed by atoms with van der Waals surface area (Å²) in [5.74, 6) is 1.66. The van der Waals surface area contributed by atoms with E-state index < -0.39 is 0 Å². The minimum atomic E-state index is 0.0918. The Morgan fingerprint density at radius 2 is 2.04 bits per heavy atom. The van der Waals surface area contributed by atoms with Crippen LogP contribution in [-0.4, -0.2) is 38.7 Å². The molecule has 0 aliphatic heterocycles. The third-order valence-corrected chi connectivity index (χ3v) is 3.44.